The van der Waals surface area contributed by atoms with Gasteiger partial charge >= 0.3 is 6.09 Å². The Bertz CT molecular complexity index is 298. The van der Waals surface area contributed by atoms with Crippen molar-refractivity contribution >= 4 is 6.09 Å². The number of amides is 1. The van der Waals surface area contributed by atoms with Crippen molar-refractivity contribution in [3.8, 4) is 0 Å². The number of hydrogen-bond donors (Lipinski definition) is 1. The highest BCUT2D eigenvalue weighted by Gasteiger charge is 2.30. The van der Waals surface area contributed by atoms with Crippen molar-refractivity contribution in [2.75, 3.05) is 26.2 Å². The summed E-state index contributed by atoms with van der Waals surface area (Å²) < 4.78 is 5.43. The number of ether oxygens (including phenoxy) is 1. The summed E-state index contributed by atoms with van der Waals surface area (Å²) in [5.74, 6) is 1.60. The number of likely N-dealkylation sites (tertiary alicyclic amines) is 1. The summed E-state index contributed by atoms with van der Waals surface area (Å²) in [6.07, 6.45) is 4.77. The zero-order valence-electron chi connectivity index (χ0n) is 12.6. The molecule has 1 amide bonds. The Balaban J connectivity index is 1.77. The molecule has 19 heavy (non-hydrogen) atoms. The smallest absolute Gasteiger partial charge is 0.410 e. The molecular weight excluding hydrogens is 240 g/mol. The molecule has 0 aliphatic carbocycles. The van der Waals surface area contributed by atoms with E-state index >= 15 is 0 Å². The lowest BCUT2D eigenvalue weighted by atomic mass is 9.80. The van der Waals surface area contributed by atoms with Gasteiger partial charge in [0, 0.05) is 13.1 Å². The topological polar surface area (TPSA) is 41.6 Å². The molecular formula is C15H28N2O2. The second-order valence-corrected chi connectivity index (χ2v) is 6.91. The van der Waals surface area contributed by atoms with E-state index in [-0.39, 0.29) is 11.7 Å². The van der Waals surface area contributed by atoms with Crippen LogP contribution in [0.2, 0.25) is 0 Å². The molecule has 1 atom stereocenters. The van der Waals surface area contributed by atoms with Crippen molar-refractivity contribution in [1.29, 1.82) is 0 Å². The lowest BCUT2D eigenvalue weighted by molar-refractivity contribution is 0.0153. The maximum Gasteiger partial charge on any atom is 0.410 e. The van der Waals surface area contributed by atoms with Gasteiger partial charge in [0.1, 0.15) is 5.60 Å². The van der Waals surface area contributed by atoms with E-state index in [1.54, 1.807) is 0 Å². The average molecular weight is 268 g/mol. The summed E-state index contributed by atoms with van der Waals surface area (Å²) in [4.78, 5) is 13.9. The highest BCUT2D eigenvalue weighted by atomic mass is 16.6. The fourth-order valence-corrected chi connectivity index (χ4v) is 3.16. The maximum absolute atomic E-state index is 12.0. The fraction of sp³-hybridized carbons (Fsp3) is 0.933. The van der Waals surface area contributed by atoms with Crippen LogP contribution in [-0.4, -0.2) is 42.8 Å². The lowest BCUT2D eigenvalue weighted by Crippen LogP contribution is -2.44. The molecule has 0 radical (unpaired) electrons. The molecule has 0 aromatic carbocycles. The van der Waals surface area contributed by atoms with E-state index in [0.717, 1.165) is 44.3 Å². The van der Waals surface area contributed by atoms with Crippen molar-refractivity contribution in [3.05, 3.63) is 0 Å². The fourth-order valence-electron chi connectivity index (χ4n) is 3.16. The van der Waals surface area contributed by atoms with Gasteiger partial charge in [-0.25, -0.2) is 4.79 Å². The molecule has 2 aliphatic rings. The summed E-state index contributed by atoms with van der Waals surface area (Å²) in [6, 6.07) is 0. The molecule has 0 aromatic rings. The molecule has 2 saturated heterocycles. The zero-order chi connectivity index (χ0) is 13.9. The minimum atomic E-state index is -0.388. The summed E-state index contributed by atoms with van der Waals surface area (Å²) in [5.41, 5.74) is -0.388. The number of nitrogens with one attached hydrogen (secondary N) is 1. The van der Waals surface area contributed by atoms with E-state index in [9.17, 15) is 4.79 Å². The van der Waals surface area contributed by atoms with Gasteiger partial charge in [0.15, 0.2) is 0 Å². The molecule has 0 aromatic heterocycles. The summed E-state index contributed by atoms with van der Waals surface area (Å²) >= 11 is 0. The molecule has 0 spiro atoms. The van der Waals surface area contributed by atoms with E-state index in [0.29, 0.717) is 0 Å². The number of carbonyl (C=O) groups excluding carboxylic acids is 1. The van der Waals surface area contributed by atoms with Gasteiger partial charge in [-0.1, -0.05) is 0 Å². The summed E-state index contributed by atoms with van der Waals surface area (Å²) in [6.45, 7) is 9.82. The quantitative estimate of drug-likeness (QED) is 0.795. The van der Waals surface area contributed by atoms with Crippen LogP contribution in [0.3, 0.4) is 0 Å². The van der Waals surface area contributed by atoms with Crippen LogP contribution in [-0.2, 0) is 4.74 Å². The maximum atomic E-state index is 12.0. The second-order valence-electron chi connectivity index (χ2n) is 6.91. The predicted molar refractivity (Wildman–Crippen MR) is 76.1 cm³/mol. The number of rotatable bonds is 1. The molecule has 0 saturated carbocycles. The third kappa shape index (κ3) is 4.37. The van der Waals surface area contributed by atoms with Gasteiger partial charge in [-0.05, 0) is 71.4 Å². The van der Waals surface area contributed by atoms with Crippen LogP contribution in [0.5, 0.6) is 0 Å². The first-order valence-corrected chi connectivity index (χ1v) is 7.64. The van der Waals surface area contributed by atoms with Crippen LogP contribution in [0.15, 0.2) is 0 Å². The molecule has 2 fully saturated rings. The summed E-state index contributed by atoms with van der Waals surface area (Å²) in [7, 11) is 0. The van der Waals surface area contributed by atoms with Crippen LogP contribution in [0.25, 0.3) is 0 Å². The van der Waals surface area contributed by atoms with Gasteiger partial charge in [-0.3, -0.25) is 0 Å². The third-order valence-corrected chi connectivity index (χ3v) is 4.19. The average Bonchev–Trinajstić information content (AvgIpc) is 2.38. The van der Waals surface area contributed by atoms with Crippen LogP contribution in [0.4, 0.5) is 4.79 Å². The van der Waals surface area contributed by atoms with Crippen LogP contribution in [0.1, 0.15) is 46.5 Å². The van der Waals surface area contributed by atoms with E-state index in [2.05, 4.69) is 5.32 Å². The monoisotopic (exact) mass is 268 g/mol. The van der Waals surface area contributed by atoms with Crippen molar-refractivity contribution in [1.82, 2.24) is 10.2 Å². The minimum Gasteiger partial charge on any atom is -0.444 e. The largest absolute Gasteiger partial charge is 0.444 e. The van der Waals surface area contributed by atoms with Gasteiger partial charge in [-0.2, -0.15) is 0 Å². The Morgan fingerprint density at radius 1 is 1.16 bits per heavy atom. The van der Waals surface area contributed by atoms with Crippen molar-refractivity contribution < 1.29 is 9.53 Å². The summed E-state index contributed by atoms with van der Waals surface area (Å²) in [5, 5.41) is 3.49. The van der Waals surface area contributed by atoms with E-state index in [1.165, 1.54) is 19.4 Å². The minimum absolute atomic E-state index is 0.146. The Hall–Kier alpha value is -0.770. The molecule has 0 bridgehead atoms. The van der Waals surface area contributed by atoms with Crippen LogP contribution >= 0.6 is 0 Å². The highest BCUT2D eigenvalue weighted by Crippen LogP contribution is 2.29. The van der Waals surface area contributed by atoms with Crippen LogP contribution < -0.4 is 5.32 Å². The third-order valence-electron chi connectivity index (χ3n) is 4.19. The van der Waals surface area contributed by atoms with Crippen LogP contribution in [0, 0.1) is 11.8 Å². The number of nitrogens with zero attached hydrogens (tertiary/aromatic N) is 1. The van der Waals surface area contributed by atoms with E-state index < -0.39 is 0 Å². The Morgan fingerprint density at radius 3 is 2.37 bits per heavy atom. The van der Waals surface area contributed by atoms with E-state index in [1.807, 2.05) is 25.7 Å². The number of hydrogen-bond acceptors (Lipinski definition) is 3. The van der Waals surface area contributed by atoms with Gasteiger partial charge in [0.05, 0.1) is 0 Å². The van der Waals surface area contributed by atoms with Gasteiger partial charge in [0.25, 0.3) is 0 Å². The van der Waals surface area contributed by atoms with Crippen molar-refractivity contribution in [2.45, 2.75) is 52.1 Å². The first kappa shape index (κ1) is 14.6. The normalized spacial score (nSPS) is 26.3. The SMILES string of the molecule is CC(C)(C)OC(=O)N1CCC([C@H]2CCCNC2)CC1. The highest BCUT2D eigenvalue weighted by molar-refractivity contribution is 5.68. The zero-order valence-corrected chi connectivity index (χ0v) is 12.6. The molecule has 0 unspecified atom stereocenters. The second kappa shape index (κ2) is 6.12. The molecule has 2 heterocycles. The number of carbonyl (C=O) groups is 1. The molecule has 2 rings (SSSR count). The van der Waals surface area contributed by atoms with Gasteiger partial charge in [0.2, 0.25) is 0 Å². The Labute approximate surface area is 116 Å². The number of piperidine rings is 2. The van der Waals surface area contributed by atoms with Gasteiger partial charge < -0.3 is 15.0 Å². The first-order chi connectivity index (χ1) is 8.96. The molecule has 110 valence electrons. The Morgan fingerprint density at radius 2 is 1.84 bits per heavy atom. The molecule has 4 nitrogen and oxygen atoms in total. The van der Waals surface area contributed by atoms with E-state index in [4.69, 9.17) is 4.74 Å². The van der Waals surface area contributed by atoms with Crippen molar-refractivity contribution in [3.63, 3.8) is 0 Å². The standard InChI is InChI=1S/C15H28N2O2/c1-15(2,3)19-14(18)17-9-6-12(7-10-17)13-5-4-8-16-11-13/h12-13,16H,4-11H2,1-3H3/t13-/m0/s1. The Kier molecular flexibility index (Phi) is 4.71. The van der Waals surface area contributed by atoms with Crippen molar-refractivity contribution in [2.24, 2.45) is 11.8 Å². The molecule has 1 N–H and O–H groups in total. The molecule has 4 heteroatoms. The molecule has 2 aliphatic heterocycles. The lowest BCUT2D eigenvalue weighted by Gasteiger charge is -2.38. The predicted octanol–water partition coefficient (Wildman–Crippen LogP) is 2.63. The van der Waals surface area contributed by atoms with Gasteiger partial charge in [-0.15, -0.1) is 0 Å². The first-order valence-electron chi connectivity index (χ1n) is 7.64.